The number of allylic oxidation sites excluding steroid dienone is 3. The fourth-order valence-electron chi connectivity index (χ4n) is 5.91. The number of fused-ring (bicyclic) bond motifs is 1. The van der Waals surface area contributed by atoms with Gasteiger partial charge in [-0.15, -0.1) is 0 Å². The SMILES string of the molecule is C=N/C(Oc1c(C)ccc2c(NC(=O)[C@@H]3C[C@@]3(F)c3ccccc3)cccc12)=C(\C=C/C)c1ccnc(N[C@H]2CCCNC2)n1. The van der Waals surface area contributed by atoms with E-state index in [0.717, 1.165) is 42.3 Å². The number of nitrogens with one attached hydrogen (secondary N) is 3. The number of anilines is 2. The minimum absolute atomic E-state index is 0.159. The van der Waals surface area contributed by atoms with Crippen LogP contribution in [0.3, 0.4) is 0 Å². The molecule has 45 heavy (non-hydrogen) atoms. The molecule has 3 atom stereocenters. The summed E-state index contributed by atoms with van der Waals surface area (Å²) in [6.07, 6.45) is 7.80. The van der Waals surface area contributed by atoms with Crippen molar-refractivity contribution in [1.29, 1.82) is 0 Å². The molecule has 1 aliphatic carbocycles. The highest BCUT2D eigenvalue weighted by Gasteiger charge is 2.60. The highest BCUT2D eigenvalue weighted by molar-refractivity contribution is 6.06. The standard InChI is InChI=1S/C36H37FN6O2/c1-4-10-28(31-18-20-40-35(43-31)41-25-13-9-19-39-22-25)34(38-3)45-32-23(2)16-17-26-27(32)14-8-15-30(26)42-33(44)29-21-36(29,37)24-11-6-5-7-12-24/h4-8,10-12,14-18,20,25,29,39H,3,9,13,19,21-22H2,1-2H3,(H,42,44)(H,40,41,43)/b10-4-,34-28-/t25-,29-,36+/m0/s1. The normalized spacial score (nSPS) is 21.7. The summed E-state index contributed by atoms with van der Waals surface area (Å²) in [7, 11) is 0. The topological polar surface area (TPSA) is 101 Å². The molecule has 6 rings (SSSR count). The minimum atomic E-state index is -1.65. The lowest BCUT2D eigenvalue weighted by Gasteiger charge is -2.23. The molecule has 0 spiro atoms. The zero-order valence-corrected chi connectivity index (χ0v) is 25.5. The predicted molar refractivity (Wildman–Crippen MR) is 178 cm³/mol. The largest absolute Gasteiger partial charge is 0.437 e. The van der Waals surface area contributed by atoms with E-state index in [9.17, 15) is 4.79 Å². The van der Waals surface area contributed by atoms with Gasteiger partial charge in [0.2, 0.25) is 17.7 Å². The summed E-state index contributed by atoms with van der Waals surface area (Å²) < 4.78 is 22.1. The second-order valence-electron chi connectivity index (χ2n) is 11.5. The maximum atomic E-state index is 15.6. The number of aliphatic imine (C=N–C) groups is 1. The first-order valence-electron chi connectivity index (χ1n) is 15.3. The first-order valence-corrected chi connectivity index (χ1v) is 15.3. The van der Waals surface area contributed by atoms with Gasteiger partial charge in [-0.25, -0.2) is 19.4 Å². The molecule has 2 aliphatic rings. The molecular formula is C36H37FN6O2. The molecule has 8 nitrogen and oxygen atoms in total. The van der Waals surface area contributed by atoms with Crippen LogP contribution in [0.4, 0.5) is 16.0 Å². The van der Waals surface area contributed by atoms with Crippen molar-refractivity contribution in [2.24, 2.45) is 10.9 Å². The van der Waals surface area contributed by atoms with Crippen LogP contribution in [-0.2, 0) is 10.5 Å². The van der Waals surface area contributed by atoms with Gasteiger partial charge in [0.25, 0.3) is 0 Å². The fourth-order valence-corrected chi connectivity index (χ4v) is 5.91. The number of rotatable bonds is 10. The van der Waals surface area contributed by atoms with Gasteiger partial charge in [0.05, 0.1) is 17.2 Å². The second-order valence-corrected chi connectivity index (χ2v) is 11.5. The lowest BCUT2D eigenvalue weighted by Crippen LogP contribution is -2.38. The third-order valence-electron chi connectivity index (χ3n) is 8.40. The first-order chi connectivity index (χ1) is 21.9. The molecule has 230 valence electrons. The molecule has 2 fully saturated rings. The molecule has 1 saturated heterocycles. The van der Waals surface area contributed by atoms with Crippen LogP contribution in [0.5, 0.6) is 5.75 Å². The molecule has 4 aromatic rings. The summed E-state index contributed by atoms with van der Waals surface area (Å²) in [4.78, 5) is 26.7. The molecule has 0 unspecified atom stereocenters. The highest BCUT2D eigenvalue weighted by Crippen LogP contribution is 2.56. The van der Waals surface area contributed by atoms with Crippen LogP contribution in [0.2, 0.25) is 0 Å². The molecule has 1 aliphatic heterocycles. The molecule has 1 amide bonds. The molecule has 3 aromatic carbocycles. The number of hydrogen-bond acceptors (Lipinski definition) is 7. The Labute approximate surface area is 262 Å². The van der Waals surface area contributed by atoms with Gasteiger partial charge in [-0.05, 0) is 63.2 Å². The molecule has 2 heterocycles. The van der Waals surface area contributed by atoms with Crippen LogP contribution < -0.4 is 20.7 Å². The maximum Gasteiger partial charge on any atom is 0.231 e. The van der Waals surface area contributed by atoms with Gasteiger partial charge in [-0.3, -0.25) is 4.79 Å². The van der Waals surface area contributed by atoms with Crippen LogP contribution in [-0.4, -0.2) is 41.7 Å². The third-order valence-corrected chi connectivity index (χ3v) is 8.40. The average molecular weight is 605 g/mol. The Morgan fingerprint density at radius 2 is 1.98 bits per heavy atom. The number of hydrogen-bond donors (Lipinski definition) is 3. The number of carbonyl (C=O) groups is 1. The number of piperidine rings is 1. The summed E-state index contributed by atoms with van der Waals surface area (Å²) in [5, 5.41) is 11.3. The summed E-state index contributed by atoms with van der Waals surface area (Å²) in [5.41, 5.74) is 1.62. The van der Waals surface area contributed by atoms with E-state index in [2.05, 4.69) is 32.6 Å². The Hall–Kier alpha value is -4.89. The van der Waals surface area contributed by atoms with Crippen molar-refractivity contribution in [2.75, 3.05) is 23.7 Å². The predicted octanol–water partition coefficient (Wildman–Crippen LogP) is 6.95. The average Bonchev–Trinajstić information content (AvgIpc) is 3.77. The Morgan fingerprint density at radius 3 is 2.73 bits per heavy atom. The van der Waals surface area contributed by atoms with Gasteiger partial charge in [-0.2, -0.15) is 0 Å². The van der Waals surface area contributed by atoms with Crippen LogP contribution in [0, 0.1) is 12.8 Å². The lowest BCUT2D eigenvalue weighted by molar-refractivity contribution is -0.118. The van der Waals surface area contributed by atoms with Gasteiger partial charge in [0.1, 0.15) is 11.4 Å². The molecule has 3 N–H and O–H groups in total. The van der Waals surface area contributed by atoms with Gasteiger partial charge < -0.3 is 20.7 Å². The smallest absolute Gasteiger partial charge is 0.231 e. The lowest BCUT2D eigenvalue weighted by atomic mass is 10.0. The number of amides is 1. The summed E-state index contributed by atoms with van der Waals surface area (Å²) in [6.45, 7) is 9.55. The Bertz CT molecular complexity index is 1780. The van der Waals surface area contributed by atoms with Gasteiger partial charge in [0.15, 0.2) is 0 Å². The summed E-state index contributed by atoms with van der Waals surface area (Å²) >= 11 is 0. The highest BCUT2D eigenvalue weighted by atomic mass is 19.1. The van der Waals surface area contributed by atoms with Crippen molar-refractivity contribution < 1.29 is 13.9 Å². The minimum Gasteiger partial charge on any atom is -0.437 e. The number of ether oxygens (including phenoxy) is 1. The Balaban J connectivity index is 1.29. The number of carbonyl (C=O) groups excluding carboxylic acids is 1. The van der Waals surface area contributed by atoms with Gasteiger partial charge in [-0.1, -0.05) is 66.7 Å². The molecule has 1 aromatic heterocycles. The van der Waals surface area contributed by atoms with E-state index in [1.807, 2.05) is 68.5 Å². The van der Waals surface area contributed by atoms with Crippen LogP contribution in [0.25, 0.3) is 16.3 Å². The van der Waals surface area contributed by atoms with Crippen molar-refractivity contribution in [3.8, 4) is 5.75 Å². The van der Waals surface area contributed by atoms with Crippen molar-refractivity contribution in [2.45, 2.75) is 44.8 Å². The zero-order valence-electron chi connectivity index (χ0n) is 25.5. The number of aryl methyl sites for hydroxylation is 1. The molecule has 0 radical (unpaired) electrons. The van der Waals surface area contributed by atoms with Gasteiger partial charge in [0, 0.05) is 41.7 Å². The van der Waals surface area contributed by atoms with Crippen molar-refractivity contribution in [3.05, 3.63) is 108 Å². The summed E-state index contributed by atoms with van der Waals surface area (Å²) in [6, 6.07) is 20.4. The van der Waals surface area contributed by atoms with Crippen molar-refractivity contribution in [3.63, 3.8) is 0 Å². The Morgan fingerprint density at radius 1 is 1.13 bits per heavy atom. The second kappa shape index (κ2) is 13.0. The third kappa shape index (κ3) is 6.35. The molecule has 9 heteroatoms. The fraction of sp³-hybridized carbons (Fsp3) is 0.278. The first kappa shape index (κ1) is 30.1. The van der Waals surface area contributed by atoms with Crippen LogP contribution in [0.15, 0.2) is 96.0 Å². The van der Waals surface area contributed by atoms with Crippen LogP contribution in [0.1, 0.15) is 43.0 Å². The van der Waals surface area contributed by atoms with E-state index >= 15 is 4.39 Å². The van der Waals surface area contributed by atoms with Crippen molar-refractivity contribution >= 4 is 40.6 Å². The maximum absolute atomic E-state index is 15.6. The van der Waals surface area contributed by atoms with E-state index in [1.165, 1.54) is 0 Å². The number of benzene rings is 3. The Kier molecular flexibility index (Phi) is 8.71. The zero-order chi connectivity index (χ0) is 31.4. The molecular weight excluding hydrogens is 567 g/mol. The quantitative estimate of drug-likeness (QED) is 0.103. The summed E-state index contributed by atoms with van der Waals surface area (Å²) in [5.74, 6) is 0.293. The number of alkyl halides is 1. The number of halogens is 1. The van der Waals surface area contributed by atoms with E-state index < -0.39 is 11.6 Å². The van der Waals surface area contributed by atoms with Gasteiger partial charge >= 0.3 is 0 Å². The number of nitrogens with zero attached hydrogens (tertiary/aromatic N) is 3. The van der Waals surface area contributed by atoms with E-state index in [-0.39, 0.29) is 24.3 Å². The van der Waals surface area contributed by atoms with Crippen LogP contribution >= 0.6 is 0 Å². The molecule has 0 bridgehead atoms. The number of aromatic nitrogens is 2. The van der Waals surface area contributed by atoms with E-state index in [0.29, 0.717) is 34.2 Å². The monoisotopic (exact) mass is 604 g/mol. The van der Waals surface area contributed by atoms with E-state index in [4.69, 9.17) is 9.72 Å². The van der Waals surface area contributed by atoms with Crippen molar-refractivity contribution in [1.82, 2.24) is 15.3 Å². The molecule has 1 saturated carbocycles. The van der Waals surface area contributed by atoms with E-state index in [1.54, 1.807) is 30.5 Å².